The van der Waals surface area contributed by atoms with Crippen molar-refractivity contribution in [3.05, 3.63) is 85.1 Å². The summed E-state index contributed by atoms with van der Waals surface area (Å²) in [6.45, 7) is 6.52. The molecular weight excluding hydrogens is 889 g/mol. The number of rotatable bonds is 55. The fourth-order valence-corrected chi connectivity index (χ4v) is 8.56. The summed E-state index contributed by atoms with van der Waals surface area (Å²) in [6, 6.07) is 0. The third kappa shape index (κ3) is 57.5. The minimum atomic E-state index is -0.785. The minimum Gasteiger partial charge on any atom is -0.462 e. The van der Waals surface area contributed by atoms with Crippen LogP contribution in [0.15, 0.2) is 85.1 Å². The van der Waals surface area contributed by atoms with Gasteiger partial charge in [0.15, 0.2) is 6.10 Å². The van der Waals surface area contributed by atoms with Gasteiger partial charge in [0.1, 0.15) is 13.2 Å². The highest BCUT2D eigenvalue weighted by Gasteiger charge is 2.19. The lowest BCUT2D eigenvalue weighted by molar-refractivity contribution is -0.167. The molecule has 0 aromatic heterocycles. The fourth-order valence-electron chi connectivity index (χ4n) is 8.56. The lowest BCUT2D eigenvalue weighted by atomic mass is 10.0. The number of unbranched alkanes of at least 4 members (excludes halogenated alkanes) is 30. The van der Waals surface area contributed by atoms with E-state index in [4.69, 9.17) is 14.2 Å². The highest BCUT2D eigenvalue weighted by molar-refractivity contribution is 5.71. The van der Waals surface area contributed by atoms with Crippen LogP contribution in [0.3, 0.4) is 0 Å². The monoisotopic (exact) mass is 1000 g/mol. The van der Waals surface area contributed by atoms with Gasteiger partial charge in [-0.05, 0) is 96.3 Å². The fraction of sp³-hybridized carbons (Fsp3) is 0.742. The molecule has 0 rings (SSSR count). The maximum atomic E-state index is 12.9. The highest BCUT2D eigenvalue weighted by atomic mass is 16.6. The van der Waals surface area contributed by atoms with Crippen LogP contribution in [-0.4, -0.2) is 37.2 Å². The van der Waals surface area contributed by atoms with Crippen molar-refractivity contribution in [1.82, 2.24) is 0 Å². The molecule has 1 unspecified atom stereocenters. The number of esters is 3. The second-order valence-corrected chi connectivity index (χ2v) is 20.2. The molecule has 0 radical (unpaired) electrons. The van der Waals surface area contributed by atoms with Gasteiger partial charge in [-0.1, -0.05) is 266 Å². The molecule has 0 aromatic carbocycles. The summed E-state index contributed by atoms with van der Waals surface area (Å²) < 4.78 is 16.9. The standard InChI is InChI=1S/C66H114O6/c1-4-7-10-13-16-19-22-25-27-29-31-32-33-34-35-37-38-41-44-47-50-53-56-59-65(68)71-62-63(61-70-64(67)58-55-52-49-46-43-40-24-21-18-15-12-9-6-3)72-66(69)60-57-54-51-48-45-42-39-36-30-28-26-23-20-17-14-11-8-5-2/h7,10,16,19-20,23,25,27-28,30-32,34-35,63H,4-6,8-9,11-15,17-18,21-22,24,26,29,33,36-62H2,1-3H3/b10-7-,19-16-,23-20-,27-25-,30-28-,32-31-,35-34-. The molecule has 0 fully saturated rings. The highest BCUT2D eigenvalue weighted by Crippen LogP contribution is 2.16. The Morgan fingerprint density at radius 2 is 0.542 bits per heavy atom. The van der Waals surface area contributed by atoms with E-state index in [2.05, 4.69) is 106 Å². The molecule has 1 atom stereocenters. The third-order valence-corrected chi connectivity index (χ3v) is 13.1. The molecule has 0 heterocycles. The van der Waals surface area contributed by atoms with Gasteiger partial charge in [-0.2, -0.15) is 0 Å². The molecule has 0 bridgehead atoms. The van der Waals surface area contributed by atoms with Gasteiger partial charge in [0.2, 0.25) is 0 Å². The number of ether oxygens (including phenoxy) is 3. The molecule has 0 saturated carbocycles. The maximum Gasteiger partial charge on any atom is 0.306 e. The molecule has 414 valence electrons. The predicted octanol–water partition coefficient (Wildman–Crippen LogP) is 20.7. The summed E-state index contributed by atoms with van der Waals surface area (Å²) in [5, 5.41) is 0. The Bertz CT molecular complexity index is 1380. The quantitative estimate of drug-likeness (QED) is 0.0261. The molecule has 6 heteroatoms. The number of allylic oxidation sites excluding steroid dienone is 14. The van der Waals surface area contributed by atoms with Crippen LogP contribution < -0.4 is 0 Å². The first kappa shape index (κ1) is 68.6. The minimum absolute atomic E-state index is 0.0810. The summed E-state index contributed by atoms with van der Waals surface area (Å²) in [4.78, 5) is 38.2. The predicted molar refractivity (Wildman–Crippen MR) is 311 cm³/mol. The topological polar surface area (TPSA) is 78.9 Å². The molecule has 0 aliphatic rings. The molecule has 72 heavy (non-hydrogen) atoms. The first-order valence-electron chi connectivity index (χ1n) is 30.6. The Balaban J connectivity index is 4.37. The summed E-state index contributed by atoms with van der Waals surface area (Å²) in [5.41, 5.74) is 0. The third-order valence-electron chi connectivity index (χ3n) is 13.1. The van der Waals surface area contributed by atoms with E-state index >= 15 is 0 Å². The number of hydrogen-bond acceptors (Lipinski definition) is 6. The number of carbonyl (C=O) groups is 3. The zero-order valence-corrected chi connectivity index (χ0v) is 47.4. The van der Waals surface area contributed by atoms with Gasteiger partial charge in [-0.15, -0.1) is 0 Å². The molecule has 0 aliphatic carbocycles. The van der Waals surface area contributed by atoms with E-state index in [1.54, 1.807) is 0 Å². The summed E-state index contributed by atoms with van der Waals surface area (Å²) in [5.74, 6) is -0.890. The Hall–Kier alpha value is -3.41. The van der Waals surface area contributed by atoms with E-state index in [0.717, 1.165) is 109 Å². The second-order valence-electron chi connectivity index (χ2n) is 20.2. The lowest BCUT2D eigenvalue weighted by Crippen LogP contribution is -2.30. The van der Waals surface area contributed by atoms with Crippen LogP contribution >= 0.6 is 0 Å². The van der Waals surface area contributed by atoms with Gasteiger partial charge in [0.05, 0.1) is 0 Å². The Morgan fingerprint density at radius 3 is 0.861 bits per heavy atom. The van der Waals surface area contributed by atoms with Gasteiger partial charge in [0, 0.05) is 19.3 Å². The van der Waals surface area contributed by atoms with E-state index < -0.39 is 6.10 Å². The average molecular weight is 1000 g/mol. The van der Waals surface area contributed by atoms with Crippen molar-refractivity contribution in [2.45, 2.75) is 303 Å². The second kappa shape index (κ2) is 60.1. The molecule has 6 nitrogen and oxygen atoms in total. The van der Waals surface area contributed by atoms with E-state index in [9.17, 15) is 14.4 Å². The SMILES string of the molecule is CC/C=C\C/C=C\C/C=C\C/C=C\C/C=C\CCCCCCCCCC(=O)OCC(COC(=O)CCCCCCCCCCCCCCC)OC(=O)CCCCCCCCC/C=C\C/C=C\CCCCCC. The molecule has 0 amide bonds. The maximum absolute atomic E-state index is 12.9. The van der Waals surface area contributed by atoms with Crippen LogP contribution in [0.1, 0.15) is 297 Å². The van der Waals surface area contributed by atoms with Crippen molar-refractivity contribution in [1.29, 1.82) is 0 Å². The molecule has 0 saturated heterocycles. The van der Waals surface area contributed by atoms with Crippen LogP contribution in [0, 0.1) is 0 Å². The molecule has 0 spiro atoms. The Morgan fingerprint density at radius 1 is 0.292 bits per heavy atom. The van der Waals surface area contributed by atoms with E-state index in [1.807, 2.05) is 0 Å². The van der Waals surface area contributed by atoms with Crippen LogP contribution in [0.2, 0.25) is 0 Å². The Labute approximate surface area is 445 Å². The van der Waals surface area contributed by atoms with Crippen molar-refractivity contribution in [2.75, 3.05) is 13.2 Å². The van der Waals surface area contributed by atoms with Crippen molar-refractivity contribution in [3.8, 4) is 0 Å². The average Bonchev–Trinajstić information content (AvgIpc) is 3.38. The van der Waals surface area contributed by atoms with E-state index in [-0.39, 0.29) is 31.1 Å². The van der Waals surface area contributed by atoms with Gasteiger partial charge in [-0.25, -0.2) is 0 Å². The first-order chi connectivity index (χ1) is 35.5. The van der Waals surface area contributed by atoms with Crippen LogP contribution in [0.4, 0.5) is 0 Å². The Kier molecular flexibility index (Phi) is 57.3. The van der Waals surface area contributed by atoms with Crippen molar-refractivity contribution in [3.63, 3.8) is 0 Å². The molecule has 0 N–H and O–H groups in total. The van der Waals surface area contributed by atoms with Gasteiger partial charge in [0.25, 0.3) is 0 Å². The van der Waals surface area contributed by atoms with Crippen LogP contribution in [-0.2, 0) is 28.6 Å². The van der Waals surface area contributed by atoms with Crippen molar-refractivity contribution < 1.29 is 28.6 Å². The van der Waals surface area contributed by atoms with Crippen LogP contribution in [0.5, 0.6) is 0 Å². The van der Waals surface area contributed by atoms with Gasteiger partial charge >= 0.3 is 17.9 Å². The zero-order chi connectivity index (χ0) is 52.2. The van der Waals surface area contributed by atoms with E-state index in [1.165, 1.54) is 148 Å². The largest absolute Gasteiger partial charge is 0.462 e. The smallest absolute Gasteiger partial charge is 0.306 e. The normalized spacial score (nSPS) is 12.7. The molecule has 0 aliphatic heterocycles. The van der Waals surface area contributed by atoms with Crippen molar-refractivity contribution >= 4 is 17.9 Å². The molecule has 0 aromatic rings. The van der Waals surface area contributed by atoms with Gasteiger partial charge < -0.3 is 14.2 Å². The summed E-state index contributed by atoms with van der Waals surface area (Å²) >= 11 is 0. The summed E-state index contributed by atoms with van der Waals surface area (Å²) in [6.07, 6.45) is 78.6. The molecular formula is C66H114O6. The van der Waals surface area contributed by atoms with Crippen molar-refractivity contribution in [2.24, 2.45) is 0 Å². The van der Waals surface area contributed by atoms with E-state index in [0.29, 0.717) is 19.3 Å². The lowest BCUT2D eigenvalue weighted by Gasteiger charge is -2.18. The van der Waals surface area contributed by atoms with Gasteiger partial charge in [-0.3, -0.25) is 14.4 Å². The first-order valence-corrected chi connectivity index (χ1v) is 30.6. The number of carbonyl (C=O) groups excluding carboxylic acids is 3. The zero-order valence-electron chi connectivity index (χ0n) is 47.4. The number of hydrogen-bond donors (Lipinski definition) is 0. The van der Waals surface area contributed by atoms with Crippen LogP contribution in [0.25, 0.3) is 0 Å². The summed E-state index contributed by atoms with van der Waals surface area (Å²) in [7, 11) is 0.